The molecule has 0 aliphatic rings. The van der Waals surface area contributed by atoms with Crippen molar-refractivity contribution < 1.29 is 25.6 Å². The summed E-state index contributed by atoms with van der Waals surface area (Å²) in [7, 11) is -8.50. The van der Waals surface area contributed by atoms with Gasteiger partial charge in [-0.3, -0.25) is 4.55 Å². The van der Waals surface area contributed by atoms with Gasteiger partial charge in [0.25, 0.3) is 0 Å². The Morgan fingerprint density at radius 3 is 2.27 bits per heavy atom. The van der Waals surface area contributed by atoms with Crippen molar-refractivity contribution in [3.8, 4) is 0 Å². The van der Waals surface area contributed by atoms with E-state index in [4.69, 9.17) is 10.3 Å². The van der Waals surface area contributed by atoms with Crippen LogP contribution in [-0.2, 0) is 24.4 Å². The topological polar surface area (TPSA) is 127 Å². The van der Waals surface area contributed by atoms with Crippen LogP contribution in [-0.4, -0.2) is 46.8 Å². The lowest BCUT2D eigenvalue weighted by molar-refractivity contribution is 0.284. The SMILES string of the molecule is CCN(CC)c1ccc(N)cc1S(=O)(=O)CCOS(=O)(=O)O. The fourth-order valence-electron chi connectivity index (χ4n) is 1.96. The summed E-state index contributed by atoms with van der Waals surface area (Å²) in [6.07, 6.45) is 0. The summed E-state index contributed by atoms with van der Waals surface area (Å²) in [5.74, 6) is -0.593. The predicted molar refractivity (Wildman–Crippen MR) is 84.0 cm³/mol. The fraction of sp³-hybridized carbons (Fsp3) is 0.500. The molecule has 0 aromatic heterocycles. The van der Waals surface area contributed by atoms with Gasteiger partial charge in [0.15, 0.2) is 9.84 Å². The number of sulfone groups is 1. The van der Waals surface area contributed by atoms with Crippen molar-refractivity contribution in [3.05, 3.63) is 18.2 Å². The molecule has 0 heterocycles. The molecule has 0 atom stereocenters. The Hall–Kier alpha value is -1.36. The molecular weight excluding hydrogens is 332 g/mol. The standard InChI is InChI=1S/C12H20N2O6S2/c1-3-14(4-2)11-6-5-10(13)9-12(11)21(15,16)8-7-20-22(17,18)19/h5-6,9H,3-4,7-8,13H2,1-2H3,(H,17,18,19). The third-order valence-corrected chi connectivity index (χ3v) is 5.17. The third-order valence-electron chi connectivity index (χ3n) is 3.01. The first kappa shape index (κ1) is 18.7. The largest absolute Gasteiger partial charge is 0.399 e. The summed E-state index contributed by atoms with van der Waals surface area (Å²) < 4.78 is 58.3. The zero-order valence-electron chi connectivity index (χ0n) is 12.4. The average molecular weight is 352 g/mol. The van der Waals surface area contributed by atoms with Gasteiger partial charge >= 0.3 is 10.4 Å². The van der Waals surface area contributed by atoms with Crippen LogP contribution in [0.1, 0.15) is 13.8 Å². The summed E-state index contributed by atoms with van der Waals surface area (Å²) in [6, 6.07) is 4.54. The first-order chi connectivity index (χ1) is 10.1. The van der Waals surface area contributed by atoms with Crippen LogP contribution in [0.2, 0.25) is 0 Å². The molecule has 0 aliphatic carbocycles. The maximum Gasteiger partial charge on any atom is 0.397 e. The molecule has 8 nitrogen and oxygen atoms in total. The Labute approximate surface area is 130 Å². The molecule has 0 saturated carbocycles. The molecule has 0 amide bonds. The van der Waals surface area contributed by atoms with E-state index in [0.717, 1.165) is 0 Å². The monoisotopic (exact) mass is 352 g/mol. The van der Waals surface area contributed by atoms with Crippen molar-refractivity contribution in [1.29, 1.82) is 0 Å². The first-order valence-corrected chi connectivity index (χ1v) is 9.61. The van der Waals surface area contributed by atoms with Gasteiger partial charge in [0.05, 0.1) is 22.9 Å². The zero-order chi connectivity index (χ0) is 17.0. The Morgan fingerprint density at radius 1 is 1.18 bits per heavy atom. The maximum absolute atomic E-state index is 12.4. The molecule has 0 saturated heterocycles. The van der Waals surface area contributed by atoms with E-state index in [-0.39, 0.29) is 10.6 Å². The van der Waals surface area contributed by atoms with Crippen LogP contribution < -0.4 is 10.6 Å². The summed E-state index contributed by atoms with van der Waals surface area (Å²) in [6.45, 7) is 4.30. The van der Waals surface area contributed by atoms with E-state index in [2.05, 4.69) is 4.18 Å². The molecular formula is C12H20N2O6S2. The Bertz CT molecular complexity index is 711. The molecule has 3 N–H and O–H groups in total. The molecule has 0 aliphatic heterocycles. The second kappa shape index (κ2) is 7.27. The highest BCUT2D eigenvalue weighted by atomic mass is 32.3. The lowest BCUT2D eigenvalue weighted by Crippen LogP contribution is -2.25. The summed E-state index contributed by atoms with van der Waals surface area (Å²) >= 11 is 0. The highest BCUT2D eigenvalue weighted by molar-refractivity contribution is 7.91. The normalized spacial score (nSPS) is 12.3. The van der Waals surface area contributed by atoms with Crippen molar-refractivity contribution >= 4 is 31.6 Å². The molecule has 126 valence electrons. The molecule has 0 bridgehead atoms. The van der Waals surface area contributed by atoms with Crippen LogP contribution >= 0.6 is 0 Å². The molecule has 0 unspecified atom stereocenters. The summed E-state index contributed by atoms with van der Waals surface area (Å²) in [4.78, 5) is 1.85. The van der Waals surface area contributed by atoms with Gasteiger partial charge in [-0.25, -0.2) is 12.6 Å². The molecule has 0 spiro atoms. The second-order valence-corrected chi connectivity index (χ2v) is 7.64. The van der Waals surface area contributed by atoms with Crippen LogP contribution in [0.4, 0.5) is 11.4 Å². The molecule has 0 radical (unpaired) electrons. The highest BCUT2D eigenvalue weighted by Crippen LogP contribution is 2.28. The highest BCUT2D eigenvalue weighted by Gasteiger charge is 2.22. The predicted octanol–water partition coefficient (Wildman–Crippen LogP) is 0.708. The van der Waals surface area contributed by atoms with E-state index in [0.29, 0.717) is 18.8 Å². The Kier molecular flexibility index (Phi) is 6.17. The number of nitrogen functional groups attached to an aromatic ring is 1. The molecule has 10 heteroatoms. The summed E-state index contributed by atoms with van der Waals surface area (Å²) in [5, 5.41) is 0. The molecule has 1 rings (SSSR count). The van der Waals surface area contributed by atoms with Crippen LogP contribution in [0.15, 0.2) is 23.1 Å². The molecule has 1 aromatic rings. The van der Waals surface area contributed by atoms with E-state index >= 15 is 0 Å². The van der Waals surface area contributed by atoms with Gasteiger partial charge in [-0.1, -0.05) is 0 Å². The number of benzene rings is 1. The lowest BCUT2D eigenvalue weighted by atomic mass is 10.2. The molecule has 1 aromatic carbocycles. The molecule has 0 fully saturated rings. The van der Waals surface area contributed by atoms with Gasteiger partial charge in [-0.15, -0.1) is 0 Å². The number of nitrogens with two attached hydrogens (primary N) is 1. The number of rotatable bonds is 8. The first-order valence-electron chi connectivity index (χ1n) is 6.59. The van der Waals surface area contributed by atoms with E-state index in [1.54, 1.807) is 12.1 Å². The van der Waals surface area contributed by atoms with Gasteiger partial charge in [0, 0.05) is 18.8 Å². The van der Waals surface area contributed by atoms with Crippen molar-refractivity contribution in [3.63, 3.8) is 0 Å². The minimum Gasteiger partial charge on any atom is -0.399 e. The smallest absolute Gasteiger partial charge is 0.397 e. The minimum absolute atomic E-state index is 0.00939. The Balaban J connectivity index is 3.14. The van der Waals surface area contributed by atoms with Gasteiger partial charge in [-0.05, 0) is 32.0 Å². The fourth-order valence-corrected chi connectivity index (χ4v) is 3.72. The van der Waals surface area contributed by atoms with E-state index < -0.39 is 32.6 Å². The van der Waals surface area contributed by atoms with Crippen molar-refractivity contribution in [2.24, 2.45) is 0 Å². The summed E-state index contributed by atoms with van der Waals surface area (Å²) in [5.41, 5.74) is 6.43. The van der Waals surface area contributed by atoms with Gasteiger partial charge in [-0.2, -0.15) is 8.42 Å². The van der Waals surface area contributed by atoms with Gasteiger partial charge < -0.3 is 10.6 Å². The zero-order valence-corrected chi connectivity index (χ0v) is 14.0. The van der Waals surface area contributed by atoms with Gasteiger partial charge in [0.2, 0.25) is 0 Å². The minimum atomic E-state index is -4.67. The lowest BCUT2D eigenvalue weighted by Gasteiger charge is -2.24. The third kappa shape index (κ3) is 5.13. The van der Waals surface area contributed by atoms with E-state index in [9.17, 15) is 16.8 Å². The van der Waals surface area contributed by atoms with E-state index in [1.165, 1.54) is 6.07 Å². The number of nitrogens with zero attached hydrogens (tertiary/aromatic N) is 1. The number of hydrogen-bond donors (Lipinski definition) is 2. The van der Waals surface area contributed by atoms with Crippen LogP contribution in [0.3, 0.4) is 0 Å². The number of hydrogen-bond acceptors (Lipinski definition) is 7. The quantitative estimate of drug-likeness (QED) is 0.517. The van der Waals surface area contributed by atoms with Crippen LogP contribution in [0, 0.1) is 0 Å². The second-order valence-electron chi connectivity index (χ2n) is 4.47. The number of anilines is 2. The molecule has 22 heavy (non-hydrogen) atoms. The van der Waals surface area contributed by atoms with Crippen LogP contribution in [0.25, 0.3) is 0 Å². The Morgan fingerprint density at radius 2 is 1.77 bits per heavy atom. The van der Waals surface area contributed by atoms with Crippen molar-refractivity contribution in [2.45, 2.75) is 18.7 Å². The average Bonchev–Trinajstić information content (AvgIpc) is 2.39. The van der Waals surface area contributed by atoms with Crippen molar-refractivity contribution in [2.75, 3.05) is 36.1 Å². The van der Waals surface area contributed by atoms with Gasteiger partial charge in [0.1, 0.15) is 0 Å². The maximum atomic E-state index is 12.4. The van der Waals surface area contributed by atoms with Crippen LogP contribution in [0.5, 0.6) is 0 Å². The van der Waals surface area contributed by atoms with E-state index in [1.807, 2.05) is 18.7 Å². The van der Waals surface area contributed by atoms with Crippen molar-refractivity contribution in [1.82, 2.24) is 0 Å².